The highest BCUT2D eigenvalue weighted by Crippen LogP contribution is 2.41. The van der Waals surface area contributed by atoms with Gasteiger partial charge in [0, 0.05) is 11.6 Å². The van der Waals surface area contributed by atoms with E-state index in [0.717, 1.165) is 13.1 Å². The number of piperidine rings is 1. The van der Waals surface area contributed by atoms with Gasteiger partial charge in [0.15, 0.2) is 0 Å². The van der Waals surface area contributed by atoms with Crippen molar-refractivity contribution in [2.45, 2.75) is 18.3 Å². The molecule has 0 aliphatic carbocycles. The standard InChI is InChI=1S/C12H14N2.ClH/c1-2-4-11-10(3-1)12(9-14-11)5-7-13-8-6-12;/h1-4,9,13H,5-8H2;1H. The second-order valence-corrected chi connectivity index (χ2v) is 4.18. The molecule has 2 heterocycles. The van der Waals surface area contributed by atoms with Crippen LogP contribution in [0.25, 0.3) is 0 Å². The van der Waals surface area contributed by atoms with Gasteiger partial charge in [0.25, 0.3) is 0 Å². The summed E-state index contributed by atoms with van der Waals surface area (Å²) < 4.78 is 0. The second kappa shape index (κ2) is 3.95. The molecule has 0 saturated carbocycles. The lowest BCUT2D eigenvalue weighted by atomic mass is 9.75. The summed E-state index contributed by atoms with van der Waals surface area (Å²) in [5, 5.41) is 3.41. The summed E-state index contributed by atoms with van der Waals surface area (Å²) >= 11 is 0. The number of hydrogen-bond acceptors (Lipinski definition) is 2. The fraction of sp³-hybridized carbons (Fsp3) is 0.417. The topological polar surface area (TPSA) is 24.4 Å². The van der Waals surface area contributed by atoms with Gasteiger partial charge in [-0.05, 0) is 37.6 Å². The van der Waals surface area contributed by atoms with Crippen LogP contribution in [-0.2, 0) is 5.41 Å². The first-order chi connectivity index (χ1) is 6.91. The summed E-state index contributed by atoms with van der Waals surface area (Å²) in [4.78, 5) is 4.52. The smallest absolute Gasteiger partial charge is 0.0667 e. The SMILES string of the molecule is C1=Nc2ccccc2C12CCNCC2.Cl. The number of rotatable bonds is 0. The lowest BCUT2D eigenvalue weighted by Gasteiger charge is -2.32. The zero-order valence-electron chi connectivity index (χ0n) is 8.57. The van der Waals surface area contributed by atoms with Crippen LogP contribution in [0.5, 0.6) is 0 Å². The fourth-order valence-corrected chi connectivity index (χ4v) is 2.54. The molecule has 1 N–H and O–H groups in total. The van der Waals surface area contributed by atoms with Crippen LogP contribution in [0.15, 0.2) is 29.3 Å². The Kier molecular flexibility index (Phi) is 2.81. The lowest BCUT2D eigenvalue weighted by Crippen LogP contribution is -2.39. The summed E-state index contributed by atoms with van der Waals surface area (Å²) in [6.45, 7) is 2.22. The molecule has 0 atom stereocenters. The number of nitrogens with one attached hydrogen (secondary N) is 1. The van der Waals surface area contributed by atoms with Gasteiger partial charge in [-0.3, -0.25) is 4.99 Å². The molecule has 1 spiro atoms. The molecule has 15 heavy (non-hydrogen) atoms. The first-order valence-corrected chi connectivity index (χ1v) is 5.26. The third-order valence-electron chi connectivity index (χ3n) is 3.39. The van der Waals surface area contributed by atoms with Crippen LogP contribution in [0.4, 0.5) is 5.69 Å². The Balaban J connectivity index is 0.000000853. The van der Waals surface area contributed by atoms with Crippen molar-refractivity contribution in [2.24, 2.45) is 4.99 Å². The van der Waals surface area contributed by atoms with E-state index < -0.39 is 0 Å². The van der Waals surface area contributed by atoms with Crippen LogP contribution < -0.4 is 5.32 Å². The quantitative estimate of drug-likeness (QED) is 0.717. The molecule has 2 aliphatic heterocycles. The zero-order chi connectivity index (χ0) is 9.43. The average Bonchev–Trinajstić information content (AvgIpc) is 2.60. The highest BCUT2D eigenvalue weighted by atomic mass is 35.5. The number of aliphatic imine (C=N–C) groups is 1. The van der Waals surface area contributed by atoms with Crippen molar-refractivity contribution in [3.05, 3.63) is 29.8 Å². The minimum Gasteiger partial charge on any atom is -0.317 e. The molecular formula is C12H15ClN2. The second-order valence-electron chi connectivity index (χ2n) is 4.18. The van der Waals surface area contributed by atoms with Crippen LogP contribution in [-0.4, -0.2) is 19.3 Å². The van der Waals surface area contributed by atoms with Crippen LogP contribution in [0, 0.1) is 0 Å². The summed E-state index contributed by atoms with van der Waals surface area (Å²) in [5.41, 5.74) is 2.86. The van der Waals surface area contributed by atoms with Crippen molar-refractivity contribution in [1.29, 1.82) is 0 Å². The predicted octanol–water partition coefficient (Wildman–Crippen LogP) is 2.45. The van der Waals surface area contributed by atoms with Gasteiger partial charge in [-0.25, -0.2) is 0 Å². The maximum absolute atomic E-state index is 4.52. The number of nitrogens with zero attached hydrogens (tertiary/aromatic N) is 1. The van der Waals surface area contributed by atoms with E-state index in [1.165, 1.54) is 24.1 Å². The minimum atomic E-state index is 0. The number of fused-ring (bicyclic) bond motifs is 2. The van der Waals surface area contributed by atoms with Crippen molar-refractivity contribution in [1.82, 2.24) is 5.32 Å². The van der Waals surface area contributed by atoms with Gasteiger partial charge < -0.3 is 5.32 Å². The van der Waals surface area contributed by atoms with E-state index in [4.69, 9.17) is 0 Å². The molecule has 0 bridgehead atoms. The van der Waals surface area contributed by atoms with E-state index in [2.05, 4.69) is 40.8 Å². The normalized spacial score (nSPS) is 21.1. The molecule has 2 aliphatic rings. The number of hydrogen-bond donors (Lipinski definition) is 1. The van der Waals surface area contributed by atoms with Crippen LogP contribution in [0.3, 0.4) is 0 Å². The van der Waals surface area contributed by atoms with Gasteiger partial charge in [0.05, 0.1) is 5.69 Å². The third kappa shape index (κ3) is 1.58. The molecular weight excluding hydrogens is 208 g/mol. The van der Waals surface area contributed by atoms with Gasteiger partial charge in [-0.1, -0.05) is 18.2 Å². The molecule has 1 saturated heterocycles. The molecule has 1 aromatic rings. The van der Waals surface area contributed by atoms with Crippen LogP contribution >= 0.6 is 12.4 Å². The van der Waals surface area contributed by atoms with Crippen LogP contribution in [0.1, 0.15) is 18.4 Å². The maximum Gasteiger partial charge on any atom is 0.0667 e. The van der Waals surface area contributed by atoms with Gasteiger partial charge in [0.2, 0.25) is 0 Å². The van der Waals surface area contributed by atoms with Crippen molar-refractivity contribution in [3.8, 4) is 0 Å². The van der Waals surface area contributed by atoms with Gasteiger partial charge in [-0.2, -0.15) is 0 Å². The van der Waals surface area contributed by atoms with Gasteiger partial charge >= 0.3 is 0 Å². The van der Waals surface area contributed by atoms with Gasteiger partial charge in [0.1, 0.15) is 0 Å². The third-order valence-corrected chi connectivity index (χ3v) is 3.39. The van der Waals surface area contributed by atoms with Crippen LogP contribution in [0.2, 0.25) is 0 Å². The fourth-order valence-electron chi connectivity index (χ4n) is 2.54. The average molecular weight is 223 g/mol. The Morgan fingerprint density at radius 2 is 1.87 bits per heavy atom. The molecule has 2 nitrogen and oxygen atoms in total. The molecule has 0 aromatic heterocycles. The highest BCUT2D eigenvalue weighted by molar-refractivity contribution is 5.85. The molecule has 0 radical (unpaired) electrons. The molecule has 3 rings (SSSR count). The minimum absolute atomic E-state index is 0. The molecule has 0 amide bonds. The van der Waals surface area contributed by atoms with E-state index in [1.807, 2.05) is 0 Å². The first-order valence-electron chi connectivity index (χ1n) is 5.26. The Morgan fingerprint density at radius 1 is 1.13 bits per heavy atom. The summed E-state index contributed by atoms with van der Waals surface area (Å²) in [7, 11) is 0. The Morgan fingerprint density at radius 3 is 2.67 bits per heavy atom. The molecule has 80 valence electrons. The molecule has 1 aromatic carbocycles. The monoisotopic (exact) mass is 222 g/mol. The van der Waals surface area contributed by atoms with Crippen molar-refractivity contribution < 1.29 is 0 Å². The number of para-hydroxylation sites is 1. The molecule has 0 unspecified atom stereocenters. The van der Waals surface area contributed by atoms with E-state index >= 15 is 0 Å². The lowest BCUT2D eigenvalue weighted by molar-refractivity contribution is 0.408. The molecule has 1 fully saturated rings. The van der Waals surface area contributed by atoms with Crippen molar-refractivity contribution >= 4 is 24.3 Å². The van der Waals surface area contributed by atoms with Crippen molar-refractivity contribution in [3.63, 3.8) is 0 Å². The van der Waals surface area contributed by atoms with Crippen molar-refractivity contribution in [2.75, 3.05) is 13.1 Å². The Labute approximate surface area is 96.2 Å². The number of benzene rings is 1. The predicted molar refractivity (Wildman–Crippen MR) is 65.6 cm³/mol. The summed E-state index contributed by atoms with van der Waals surface area (Å²) in [5.74, 6) is 0. The van der Waals surface area contributed by atoms with E-state index in [0.29, 0.717) is 0 Å². The zero-order valence-corrected chi connectivity index (χ0v) is 9.39. The number of halogens is 1. The molecule has 3 heteroatoms. The summed E-state index contributed by atoms with van der Waals surface area (Å²) in [6, 6.07) is 8.53. The largest absolute Gasteiger partial charge is 0.317 e. The highest BCUT2D eigenvalue weighted by Gasteiger charge is 2.36. The van der Waals surface area contributed by atoms with E-state index in [-0.39, 0.29) is 17.8 Å². The first kappa shape index (κ1) is 10.7. The van der Waals surface area contributed by atoms with E-state index in [1.54, 1.807) is 0 Å². The Bertz CT molecular complexity index is 381. The summed E-state index contributed by atoms with van der Waals surface area (Å²) in [6.07, 6.45) is 4.54. The maximum atomic E-state index is 4.52. The van der Waals surface area contributed by atoms with Gasteiger partial charge in [-0.15, -0.1) is 12.4 Å². The van der Waals surface area contributed by atoms with E-state index in [9.17, 15) is 0 Å². The Hall–Kier alpha value is -0.860.